The van der Waals surface area contributed by atoms with Crippen molar-refractivity contribution in [3.8, 4) is 0 Å². The maximum absolute atomic E-state index is 12.6. The van der Waals surface area contributed by atoms with E-state index < -0.39 is 16.0 Å². The van der Waals surface area contributed by atoms with E-state index >= 15 is 0 Å². The van der Waals surface area contributed by atoms with Crippen molar-refractivity contribution >= 4 is 27.6 Å². The van der Waals surface area contributed by atoms with Crippen LogP contribution >= 0.6 is 11.6 Å². The van der Waals surface area contributed by atoms with E-state index in [1.807, 2.05) is 6.92 Å². The van der Waals surface area contributed by atoms with Crippen LogP contribution in [-0.4, -0.2) is 36.9 Å². The lowest BCUT2D eigenvalue weighted by Gasteiger charge is -2.34. The zero-order chi connectivity index (χ0) is 15.8. The zero-order valence-corrected chi connectivity index (χ0v) is 13.5. The van der Waals surface area contributed by atoms with E-state index in [2.05, 4.69) is 6.92 Å². The number of carboxylic acids is 1. The van der Waals surface area contributed by atoms with Gasteiger partial charge in [-0.15, -0.1) is 0 Å². The van der Waals surface area contributed by atoms with Crippen molar-refractivity contribution in [2.24, 2.45) is 11.8 Å². The highest BCUT2D eigenvalue weighted by molar-refractivity contribution is 7.89. The third-order valence-electron chi connectivity index (χ3n) is 4.10. The number of carboxylic acid groups (broad SMARTS) is 1. The molecular weight excluding hydrogens is 314 g/mol. The molecule has 1 aliphatic heterocycles. The molecule has 2 atom stereocenters. The first-order valence-electron chi connectivity index (χ1n) is 6.76. The lowest BCUT2D eigenvalue weighted by atomic mass is 9.90. The van der Waals surface area contributed by atoms with Gasteiger partial charge in [0.1, 0.15) is 0 Å². The number of piperidine rings is 1. The van der Waals surface area contributed by atoms with Crippen LogP contribution < -0.4 is 0 Å². The third kappa shape index (κ3) is 3.22. The van der Waals surface area contributed by atoms with Crippen LogP contribution in [0.5, 0.6) is 0 Å². The van der Waals surface area contributed by atoms with Crippen LogP contribution in [0, 0.1) is 11.8 Å². The Morgan fingerprint density at radius 1 is 1.33 bits per heavy atom. The second-order valence-corrected chi connectivity index (χ2v) is 7.90. The third-order valence-corrected chi connectivity index (χ3v) is 6.29. The van der Waals surface area contributed by atoms with E-state index in [0.717, 1.165) is 12.5 Å². The SMILES string of the molecule is CC1CCN(S(=O)(=O)c2ccc(Cl)c(C(=O)O)c2)CC1C. The van der Waals surface area contributed by atoms with E-state index in [0.29, 0.717) is 19.0 Å². The summed E-state index contributed by atoms with van der Waals surface area (Å²) >= 11 is 5.78. The molecule has 2 unspecified atom stereocenters. The molecule has 5 nitrogen and oxygen atoms in total. The van der Waals surface area contributed by atoms with E-state index in [4.69, 9.17) is 16.7 Å². The van der Waals surface area contributed by atoms with Gasteiger partial charge in [0.05, 0.1) is 15.5 Å². The summed E-state index contributed by atoms with van der Waals surface area (Å²) in [6.07, 6.45) is 0.805. The van der Waals surface area contributed by atoms with E-state index in [9.17, 15) is 13.2 Å². The summed E-state index contributed by atoms with van der Waals surface area (Å²) in [5.41, 5.74) is -0.198. The molecule has 1 aromatic rings. The van der Waals surface area contributed by atoms with E-state index in [1.165, 1.54) is 16.4 Å². The second-order valence-electron chi connectivity index (χ2n) is 5.55. The maximum Gasteiger partial charge on any atom is 0.337 e. The van der Waals surface area contributed by atoms with Crippen molar-refractivity contribution in [1.82, 2.24) is 4.31 Å². The minimum absolute atomic E-state index is 0.0222. The monoisotopic (exact) mass is 331 g/mol. The molecule has 0 aromatic heterocycles. The van der Waals surface area contributed by atoms with Crippen LogP contribution in [0.2, 0.25) is 5.02 Å². The van der Waals surface area contributed by atoms with Gasteiger partial charge in [-0.05, 0) is 36.5 Å². The van der Waals surface area contributed by atoms with Crippen LogP contribution in [-0.2, 0) is 10.0 Å². The van der Waals surface area contributed by atoms with Crippen molar-refractivity contribution < 1.29 is 18.3 Å². The number of nitrogens with zero attached hydrogens (tertiary/aromatic N) is 1. The van der Waals surface area contributed by atoms with Crippen LogP contribution in [0.15, 0.2) is 23.1 Å². The predicted molar refractivity (Wildman–Crippen MR) is 80.1 cm³/mol. The van der Waals surface area contributed by atoms with Gasteiger partial charge in [0.15, 0.2) is 0 Å². The number of aromatic carboxylic acids is 1. The van der Waals surface area contributed by atoms with Crippen molar-refractivity contribution in [2.75, 3.05) is 13.1 Å². The van der Waals surface area contributed by atoms with E-state index in [-0.39, 0.29) is 21.4 Å². The fourth-order valence-corrected chi connectivity index (χ4v) is 4.20. The summed E-state index contributed by atoms with van der Waals surface area (Å²) in [4.78, 5) is 11.1. The number of hydrogen-bond donors (Lipinski definition) is 1. The first-order chi connectivity index (χ1) is 9.73. The highest BCUT2D eigenvalue weighted by atomic mass is 35.5. The standard InChI is InChI=1S/C14H18ClNO4S/c1-9-5-6-16(8-10(9)2)21(19,20)11-3-4-13(15)12(7-11)14(17)18/h3-4,7,9-10H,5-6,8H2,1-2H3,(H,17,18). The number of sulfonamides is 1. The molecule has 1 aromatic carbocycles. The molecular formula is C14H18ClNO4S. The summed E-state index contributed by atoms with van der Waals surface area (Å²) in [7, 11) is -3.68. The van der Waals surface area contributed by atoms with Gasteiger partial charge in [-0.2, -0.15) is 4.31 Å². The molecule has 0 aliphatic carbocycles. The fraction of sp³-hybridized carbons (Fsp3) is 0.500. The number of halogens is 1. The van der Waals surface area contributed by atoms with Gasteiger partial charge in [-0.3, -0.25) is 0 Å². The number of hydrogen-bond acceptors (Lipinski definition) is 3. The molecule has 21 heavy (non-hydrogen) atoms. The van der Waals surface area contributed by atoms with Crippen LogP contribution in [0.25, 0.3) is 0 Å². The predicted octanol–water partition coefficient (Wildman–Crippen LogP) is 2.70. The minimum Gasteiger partial charge on any atom is -0.478 e. The zero-order valence-electron chi connectivity index (χ0n) is 11.9. The molecule has 0 spiro atoms. The summed E-state index contributed by atoms with van der Waals surface area (Å²) in [6.45, 7) is 5.05. The molecule has 1 heterocycles. The topological polar surface area (TPSA) is 74.7 Å². The van der Waals surface area contributed by atoms with Crippen molar-refractivity contribution in [3.05, 3.63) is 28.8 Å². The van der Waals surface area contributed by atoms with Gasteiger partial charge in [-0.25, -0.2) is 13.2 Å². The molecule has 7 heteroatoms. The average Bonchev–Trinajstić information content (AvgIpc) is 2.41. The summed E-state index contributed by atoms with van der Waals surface area (Å²) < 4.78 is 26.7. The Balaban J connectivity index is 2.36. The molecule has 1 N–H and O–H groups in total. The van der Waals surface area contributed by atoms with Crippen LogP contribution in [0.1, 0.15) is 30.6 Å². The summed E-state index contributed by atoms with van der Waals surface area (Å²) in [6, 6.07) is 3.80. The summed E-state index contributed by atoms with van der Waals surface area (Å²) in [5, 5.41) is 9.08. The first kappa shape index (κ1) is 16.3. The Labute approximate surface area is 129 Å². The molecule has 0 saturated carbocycles. The molecule has 1 saturated heterocycles. The molecule has 1 aliphatic rings. The summed E-state index contributed by atoms with van der Waals surface area (Å²) in [5.74, 6) is -0.478. The second kappa shape index (κ2) is 5.94. The Bertz CT molecular complexity index is 659. The highest BCUT2D eigenvalue weighted by Crippen LogP contribution is 2.29. The Morgan fingerprint density at radius 2 is 2.00 bits per heavy atom. The van der Waals surface area contributed by atoms with Gasteiger partial charge in [-0.1, -0.05) is 25.4 Å². The van der Waals surface area contributed by atoms with Crippen LogP contribution in [0.4, 0.5) is 0 Å². The van der Waals surface area contributed by atoms with E-state index in [1.54, 1.807) is 0 Å². The lowest BCUT2D eigenvalue weighted by Crippen LogP contribution is -2.42. The first-order valence-corrected chi connectivity index (χ1v) is 8.58. The van der Waals surface area contributed by atoms with Gasteiger partial charge in [0.2, 0.25) is 10.0 Å². The molecule has 0 bridgehead atoms. The van der Waals surface area contributed by atoms with Crippen molar-refractivity contribution in [3.63, 3.8) is 0 Å². The quantitative estimate of drug-likeness (QED) is 0.924. The van der Waals surface area contributed by atoms with Gasteiger partial charge in [0, 0.05) is 13.1 Å². The Kier molecular flexibility index (Phi) is 4.60. The van der Waals surface area contributed by atoms with Crippen molar-refractivity contribution in [2.45, 2.75) is 25.2 Å². The Hall–Kier alpha value is -1.11. The minimum atomic E-state index is -3.68. The molecule has 0 amide bonds. The Morgan fingerprint density at radius 3 is 2.57 bits per heavy atom. The highest BCUT2D eigenvalue weighted by Gasteiger charge is 2.32. The number of carbonyl (C=O) groups is 1. The largest absolute Gasteiger partial charge is 0.478 e. The molecule has 116 valence electrons. The molecule has 2 rings (SSSR count). The number of benzene rings is 1. The maximum atomic E-state index is 12.6. The van der Waals surface area contributed by atoms with Gasteiger partial charge < -0.3 is 5.11 Å². The smallest absolute Gasteiger partial charge is 0.337 e. The molecule has 0 radical (unpaired) electrons. The normalized spacial score (nSPS) is 24.0. The lowest BCUT2D eigenvalue weighted by molar-refractivity contribution is 0.0697. The van der Waals surface area contributed by atoms with Crippen LogP contribution in [0.3, 0.4) is 0 Å². The van der Waals surface area contributed by atoms with Gasteiger partial charge in [0.25, 0.3) is 0 Å². The molecule has 1 fully saturated rings. The fourth-order valence-electron chi connectivity index (χ4n) is 2.42. The number of rotatable bonds is 3. The van der Waals surface area contributed by atoms with Crippen molar-refractivity contribution in [1.29, 1.82) is 0 Å². The average molecular weight is 332 g/mol. The van der Waals surface area contributed by atoms with Gasteiger partial charge >= 0.3 is 5.97 Å².